The summed E-state index contributed by atoms with van der Waals surface area (Å²) in [6.45, 7) is 8.66. The molecule has 0 aromatic rings. The smallest absolute Gasteiger partial charge is 0.410 e. The predicted octanol–water partition coefficient (Wildman–Crippen LogP) is 3.63. The van der Waals surface area contributed by atoms with Crippen molar-refractivity contribution in [2.45, 2.75) is 96.4 Å². The van der Waals surface area contributed by atoms with Crippen molar-refractivity contribution in [3.63, 3.8) is 0 Å². The largest absolute Gasteiger partial charge is 0.444 e. The van der Waals surface area contributed by atoms with Gasteiger partial charge in [-0.05, 0) is 59.8 Å². The first-order valence-electron chi connectivity index (χ1n) is 8.76. The van der Waals surface area contributed by atoms with Crippen molar-refractivity contribution in [3.8, 4) is 0 Å². The summed E-state index contributed by atoms with van der Waals surface area (Å²) in [5.74, 6) is 0. The highest BCUT2D eigenvalue weighted by molar-refractivity contribution is 5.68. The van der Waals surface area contributed by atoms with Gasteiger partial charge in [-0.3, -0.25) is 4.84 Å². The van der Waals surface area contributed by atoms with Gasteiger partial charge in [-0.25, -0.2) is 4.79 Å². The lowest BCUT2D eigenvalue weighted by Crippen LogP contribution is -2.43. The van der Waals surface area contributed by atoms with Crippen LogP contribution in [0.5, 0.6) is 0 Å². The summed E-state index contributed by atoms with van der Waals surface area (Å²) in [5.41, 5.74) is 2.75. The minimum absolute atomic E-state index is 0.182. The highest BCUT2D eigenvalue weighted by Crippen LogP contribution is 2.25. The summed E-state index contributed by atoms with van der Waals surface area (Å²) in [4.78, 5) is 19.9. The van der Waals surface area contributed by atoms with Gasteiger partial charge >= 0.3 is 6.09 Å². The lowest BCUT2D eigenvalue weighted by atomic mass is 10.1. The number of ether oxygens (including phenoxy) is 1. The van der Waals surface area contributed by atoms with Crippen LogP contribution in [0.2, 0.25) is 0 Å². The van der Waals surface area contributed by atoms with Gasteiger partial charge in [0.25, 0.3) is 0 Å². The molecule has 1 saturated heterocycles. The molecule has 1 saturated carbocycles. The average Bonchev–Trinajstić information content (AvgIpc) is 3.05. The van der Waals surface area contributed by atoms with E-state index in [1.807, 2.05) is 25.7 Å². The van der Waals surface area contributed by atoms with Crippen LogP contribution in [-0.4, -0.2) is 41.3 Å². The number of nitrogens with zero attached hydrogens (tertiary/aromatic N) is 1. The number of hydroxylamine groups is 1. The summed E-state index contributed by atoms with van der Waals surface area (Å²) >= 11 is 0. The molecule has 1 aliphatic heterocycles. The van der Waals surface area contributed by atoms with Gasteiger partial charge in [0.05, 0.1) is 6.10 Å². The van der Waals surface area contributed by atoms with Gasteiger partial charge < -0.3 is 9.64 Å². The fourth-order valence-electron chi connectivity index (χ4n) is 3.32. The lowest BCUT2D eigenvalue weighted by Gasteiger charge is -2.30. The van der Waals surface area contributed by atoms with Gasteiger partial charge in [0.1, 0.15) is 5.60 Å². The Kier molecular flexibility index (Phi) is 6.09. The second-order valence-electron chi connectivity index (χ2n) is 7.75. The molecule has 0 aromatic heterocycles. The lowest BCUT2D eigenvalue weighted by molar-refractivity contribution is -0.0420. The van der Waals surface area contributed by atoms with Crippen LogP contribution in [0, 0.1) is 0 Å². The van der Waals surface area contributed by atoms with Crippen LogP contribution in [0.1, 0.15) is 72.6 Å². The third-order valence-electron chi connectivity index (χ3n) is 4.37. The first kappa shape index (κ1) is 17.5. The maximum absolute atomic E-state index is 12.3. The van der Waals surface area contributed by atoms with Gasteiger partial charge in [-0.1, -0.05) is 12.8 Å². The van der Waals surface area contributed by atoms with Gasteiger partial charge in [0.2, 0.25) is 0 Å². The molecule has 0 aromatic carbocycles. The molecule has 2 rings (SSSR count). The van der Waals surface area contributed by atoms with Gasteiger partial charge in [-0.2, -0.15) is 5.48 Å². The molecule has 1 heterocycles. The Labute approximate surface area is 134 Å². The molecular formula is C17H32N2O3. The molecule has 1 amide bonds. The zero-order valence-corrected chi connectivity index (χ0v) is 14.6. The fraction of sp³-hybridized carbons (Fsp3) is 0.941. The van der Waals surface area contributed by atoms with E-state index < -0.39 is 5.60 Å². The van der Waals surface area contributed by atoms with E-state index in [1.54, 1.807) is 0 Å². The Morgan fingerprint density at radius 3 is 2.55 bits per heavy atom. The minimum atomic E-state index is -0.431. The van der Waals surface area contributed by atoms with Crippen molar-refractivity contribution in [1.29, 1.82) is 0 Å². The molecule has 1 N–H and O–H groups in total. The van der Waals surface area contributed by atoms with Crippen LogP contribution in [0.15, 0.2) is 0 Å². The Morgan fingerprint density at radius 2 is 1.91 bits per heavy atom. The van der Waals surface area contributed by atoms with Crippen molar-refractivity contribution >= 4 is 6.09 Å². The van der Waals surface area contributed by atoms with E-state index in [0.29, 0.717) is 6.10 Å². The van der Waals surface area contributed by atoms with Crippen LogP contribution in [0.3, 0.4) is 0 Å². The third-order valence-corrected chi connectivity index (χ3v) is 4.37. The second kappa shape index (κ2) is 7.64. The zero-order chi connectivity index (χ0) is 16.2. The average molecular weight is 312 g/mol. The molecule has 128 valence electrons. The molecule has 22 heavy (non-hydrogen) atoms. The summed E-state index contributed by atoms with van der Waals surface area (Å²) in [6, 6.07) is 0.498. The maximum atomic E-state index is 12.3. The van der Waals surface area contributed by atoms with E-state index in [0.717, 1.165) is 38.6 Å². The van der Waals surface area contributed by atoms with Crippen LogP contribution < -0.4 is 5.48 Å². The highest BCUT2D eigenvalue weighted by atomic mass is 16.7. The van der Waals surface area contributed by atoms with Gasteiger partial charge in [0, 0.05) is 18.6 Å². The molecule has 0 bridgehead atoms. The SMILES string of the molecule is CC(CC1CCCN1C(=O)OC(C)(C)C)NOC1CCCC1. The molecule has 2 aliphatic rings. The molecule has 0 radical (unpaired) electrons. The molecule has 2 atom stereocenters. The van der Waals surface area contributed by atoms with Crippen molar-refractivity contribution in [3.05, 3.63) is 0 Å². The first-order chi connectivity index (χ1) is 10.3. The Morgan fingerprint density at radius 1 is 1.23 bits per heavy atom. The van der Waals surface area contributed by atoms with Crippen LogP contribution >= 0.6 is 0 Å². The summed E-state index contributed by atoms with van der Waals surface area (Å²) in [6.07, 6.45) is 8.07. The van der Waals surface area contributed by atoms with E-state index in [2.05, 4.69) is 12.4 Å². The monoisotopic (exact) mass is 312 g/mol. The number of amides is 1. The van der Waals surface area contributed by atoms with Crippen LogP contribution in [-0.2, 0) is 9.57 Å². The fourth-order valence-corrected chi connectivity index (χ4v) is 3.32. The third kappa shape index (κ3) is 5.43. The predicted molar refractivity (Wildman–Crippen MR) is 86.5 cm³/mol. The summed E-state index contributed by atoms with van der Waals surface area (Å²) in [5, 5.41) is 0. The summed E-state index contributed by atoms with van der Waals surface area (Å²) < 4.78 is 5.51. The topological polar surface area (TPSA) is 50.8 Å². The van der Waals surface area contributed by atoms with Crippen molar-refractivity contribution in [2.75, 3.05) is 6.54 Å². The Balaban J connectivity index is 1.76. The number of carbonyl (C=O) groups excluding carboxylic acids is 1. The number of rotatable bonds is 5. The van der Waals surface area contributed by atoms with E-state index in [9.17, 15) is 4.79 Å². The quantitative estimate of drug-likeness (QED) is 0.788. The first-order valence-corrected chi connectivity index (χ1v) is 8.76. The van der Waals surface area contributed by atoms with Crippen molar-refractivity contribution in [2.24, 2.45) is 0 Å². The maximum Gasteiger partial charge on any atom is 0.410 e. The molecule has 0 spiro atoms. The number of likely N-dealkylation sites (tertiary alicyclic amines) is 1. The zero-order valence-electron chi connectivity index (χ0n) is 14.6. The number of nitrogens with one attached hydrogen (secondary N) is 1. The normalized spacial score (nSPS) is 24.7. The number of hydrogen-bond donors (Lipinski definition) is 1. The Bertz CT molecular complexity index is 361. The molecule has 5 nitrogen and oxygen atoms in total. The second-order valence-corrected chi connectivity index (χ2v) is 7.75. The van der Waals surface area contributed by atoms with E-state index in [1.165, 1.54) is 12.8 Å². The number of hydrogen-bond acceptors (Lipinski definition) is 4. The van der Waals surface area contributed by atoms with Crippen molar-refractivity contribution in [1.82, 2.24) is 10.4 Å². The Hall–Kier alpha value is -0.810. The minimum Gasteiger partial charge on any atom is -0.444 e. The van der Waals surface area contributed by atoms with E-state index in [-0.39, 0.29) is 18.2 Å². The standard InChI is InChI=1S/C17H32N2O3/c1-13(18-22-15-9-5-6-10-15)12-14-8-7-11-19(14)16(20)21-17(2,3)4/h13-15,18H,5-12H2,1-4H3. The van der Waals surface area contributed by atoms with Gasteiger partial charge in [0.15, 0.2) is 0 Å². The molecular weight excluding hydrogens is 280 g/mol. The van der Waals surface area contributed by atoms with Crippen LogP contribution in [0.4, 0.5) is 4.79 Å². The number of carbonyl (C=O) groups is 1. The molecule has 1 aliphatic carbocycles. The highest BCUT2D eigenvalue weighted by Gasteiger charge is 2.33. The van der Waals surface area contributed by atoms with Crippen molar-refractivity contribution < 1.29 is 14.4 Å². The van der Waals surface area contributed by atoms with Crippen LogP contribution in [0.25, 0.3) is 0 Å². The molecule has 5 heteroatoms. The molecule has 2 unspecified atom stereocenters. The van der Waals surface area contributed by atoms with Gasteiger partial charge in [-0.15, -0.1) is 0 Å². The molecule has 2 fully saturated rings. The van der Waals surface area contributed by atoms with E-state index >= 15 is 0 Å². The van der Waals surface area contributed by atoms with E-state index in [4.69, 9.17) is 9.57 Å². The summed E-state index contributed by atoms with van der Waals surface area (Å²) in [7, 11) is 0.